The molecule has 0 aliphatic carbocycles. The number of halogens is 2. The van der Waals surface area contributed by atoms with Crippen LogP contribution in [0.5, 0.6) is 0 Å². The van der Waals surface area contributed by atoms with Gasteiger partial charge < -0.3 is 16.0 Å². The molecule has 1 aliphatic rings. The van der Waals surface area contributed by atoms with Gasteiger partial charge in [0.15, 0.2) is 11.5 Å². The summed E-state index contributed by atoms with van der Waals surface area (Å²) >= 11 is 0.870. The molecule has 0 saturated carbocycles. The SMILES string of the molecule is CC1CCCCN(c2c(NC(=O)c3nc(-c4c(F)cccc4F)sc3N)cnn2C)C1. The Bertz CT molecular complexity index is 1090. The first-order valence-corrected chi connectivity index (χ1v) is 11.0. The number of hydrogen-bond acceptors (Lipinski definition) is 6. The number of thiazole rings is 1. The first kappa shape index (κ1) is 21.2. The van der Waals surface area contributed by atoms with E-state index in [1.54, 1.807) is 10.9 Å². The Morgan fingerprint density at radius 2 is 2.03 bits per heavy atom. The summed E-state index contributed by atoms with van der Waals surface area (Å²) in [6.45, 7) is 3.96. The van der Waals surface area contributed by atoms with E-state index >= 15 is 0 Å². The number of hydrogen-bond donors (Lipinski definition) is 2. The summed E-state index contributed by atoms with van der Waals surface area (Å²) in [5.74, 6) is -0.713. The van der Waals surface area contributed by atoms with Gasteiger partial charge in [0.25, 0.3) is 5.91 Å². The number of nitrogen functional groups attached to an aromatic ring is 1. The van der Waals surface area contributed by atoms with E-state index in [9.17, 15) is 13.6 Å². The van der Waals surface area contributed by atoms with Crippen molar-refractivity contribution in [3.8, 4) is 10.6 Å². The van der Waals surface area contributed by atoms with Gasteiger partial charge in [0.05, 0.1) is 11.8 Å². The van der Waals surface area contributed by atoms with Crippen LogP contribution in [0.15, 0.2) is 24.4 Å². The van der Waals surface area contributed by atoms with Crippen LogP contribution in [0.25, 0.3) is 10.6 Å². The van der Waals surface area contributed by atoms with Gasteiger partial charge in [-0.3, -0.25) is 9.48 Å². The smallest absolute Gasteiger partial charge is 0.277 e. The maximum atomic E-state index is 14.1. The molecule has 0 bridgehead atoms. The molecule has 1 unspecified atom stereocenters. The molecule has 1 aromatic carbocycles. The van der Waals surface area contributed by atoms with Gasteiger partial charge in [0, 0.05) is 20.1 Å². The second-order valence-corrected chi connectivity index (χ2v) is 8.87. The molecular weight excluding hydrogens is 422 g/mol. The second-order valence-electron chi connectivity index (χ2n) is 7.84. The van der Waals surface area contributed by atoms with Gasteiger partial charge in [-0.15, -0.1) is 0 Å². The van der Waals surface area contributed by atoms with Crippen LogP contribution in [0.1, 0.15) is 36.7 Å². The van der Waals surface area contributed by atoms with E-state index in [2.05, 4.69) is 27.2 Å². The van der Waals surface area contributed by atoms with Gasteiger partial charge in [0.1, 0.15) is 27.3 Å². The summed E-state index contributed by atoms with van der Waals surface area (Å²) in [4.78, 5) is 19.3. The number of aromatic nitrogens is 3. The lowest BCUT2D eigenvalue weighted by Gasteiger charge is -2.26. The fourth-order valence-corrected chi connectivity index (χ4v) is 4.80. The van der Waals surface area contributed by atoms with Gasteiger partial charge in [-0.2, -0.15) is 5.10 Å². The number of anilines is 3. The number of rotatable bonds is 4. The Morgan fingerprint density at radius 3 is 2.77 bits per heavy atom. The summed E-state index contributed by atoms with van der Waals surface area (Å²) in [6.07, 6.45) is 4.99. The van der Waals surface area contributed by atoms with Crippen LogP contribution in [0, 0.1) is 17.6 Å². The minimum atomic E-state index is -0.759. The van der Waals surface area contributed by atoms with Crippen molar-refractivity contribution in [1.29, 1.82) is 0 Å². The first-order chi connectivity index (χ1) is 14.8. The predicted octanol–water partition coefficient (Wildman–Crippen LogP) is 4.28. The number of benzene rings is 1. The maximum absolute atomic E-state index is 14.1. The number of nitrogens with zero attached hydrogens (tertiary/aromatic N) is 4. The van der Waals surface area contributed by atoms with E-state index in [0.29, 0.717) is 11.6 Å². The average molecular weight is 447 g/mol. The summed E-state index contributed by atoms with van der Waals surface area (Å²) < 4.78 is 30.0. The van der Waals surface area contributed by atoms with Crippen LogP contribution in [0.4, 0.5) is 25.3 Å². The van der Waals surface area contributed by atoms with Crippen LogP contribution in [-0.2, 0) is 7.05 Å². The average Bonchev–Trinajstić information content (AvgIpc) is 3.18. The monoisotopic (exact) mass is 446 g/mol. The van der Waals surface area contributed by atoms with Gasteiger partial charge in [0.2, 0.25) is 0 Å². The minimum Gasteiger partial charge on any atom is -0.389 e. The van der Waals surface area contributed by atoms with Crippen molar-refractivity contribution < 1.29 is 13.6 Å². The largest absolute Gasteiger partial charge is 0.389 e. The number of aryl methyl sites for hydroxylation is 1. The van der Waals surface area contributed by atoms with Crippen molar-refractivity contribution in [1.82, 2.24) is 14.8 Å². The molecule has 3 N–H and O–H groups in total. The van der Waals surface area contributed by atoms with Crippen molar-refractivity contribution in [2.45, 2.75) is 26.2 Å². The normalized spacial score (nSPS) is 16.9. The number of carbonyl (C=O) groups excluding carboxylic acids is 1. The highest BCUT2D eigenvalue weighted by molar-refractivity contribution is 7.19. The predicted molar refractivity (Wildman–Crippen MR) is 118 cm³/mol. The molecule has 31 heavy (non-hydrogen) atoms. The third-order valence-electron chi connectivity index (χ3n) is 5.41. The Labute approximate surface area is 182 Å². The van der Waals surface area contributed by atoms with Crippen molar-refractivity contribution >= 4 is 33.8 Å². The molecule has 2 aromatic heterocycles. The van der Waals surface area contributed by atoms with Gasteiger partial charge in [-0.25, -0.2) is 13.8 Å². The number of carbonyl (C=O) groups is 1. The van der Waals surface area contributed by atoms with Crippen LogP contribution < -0.4 is 16.0 Å². The van der Waals surface area contributed by atoms with Crippen molar-refractivity contribution in [2.75, 3.05) is 29.0 Å². The molecule has 1 saturated heterocycles. The summed E-state index contributed by atoms with van der Waals surface area (Å²) in [5.41, 5.74) is 6.17. The molecule has 1 atom stereocenters. The molecule has 1 aliphatic heterocycles. The van der Waals surface area contributed by atoms with E-state index in [4.69, 9.17) is 5.73 Å². The third kappa shape index (κ3) is 4.25. The second kappa shape index (κ2) is 8.62. The summed E-state index contributed by atoms with van der Waals surface area (Å²) in [5, 5.41) is 7.24. The topological polar surface area (TPSA) is 89.1 Å². The summed E-state index contributed by atoms with van der Waals surface area (Å²) in [7, 11) is 1.83. The summed E-state index contributed by atoms with van der Waals surface area (Å²) in [6, 6.07) is 3.55. The number of amides is 1. The highest BCUT2D eigenvalue weighted by Gasteiger charge is 2.25. The van der Waals surface area contributed by atoms with Crippen LogP contribution in [0.2, 0.25) is 0 Å². The number of nitrogens with one attached hydrogen (secondary N) is 1. The lowest BCUT2D eigenvalue weighted by atomic mass is 10.1. The molecule has 0 spiro atoms. The molecule has 0 radical (unpaired) electrons. The lowest BCUT2D eigenvalue weighted by Crippen LogP contribution is -2.30. The molecule has 4 rings (SSSR count). The van der Waals surface area contributed by atoms with E-state index in [1.165, 1.54) is 18.9 Å². The van der Waals surface area contributed by atoms with E-state index in [0.717, 1.165) is 48.8 Å². The molecule has 10 heteroatoms. The van der Waals surface area contributed by atoms with Crippen molar-refractivity contribution in [3.63, 3.8) is 0 Å². The molecule has 1 amide bonds. The number of nitrogens with two attached hydrogens (primary N) is 1. The van der Waals surface area contributed by atoms with E-state index in [1.807, 2.05) is 7.05 Å². The maximum Gasteiger partial charge on any atom is 0.277 e. The minimum absolute atomic E-state index is 0.0194. The molecular formula is C21H24F2N6OS. The van der Waals surface area contributed by atoms with Gasteiger partial charge in [-0.1, -0.05) is 30.7 Å². The zero-order valence-corrected chi connectivity index (χ0v) is 18.2. The Balaban J connectivity index is 1.61. The Hall–Kier alpha value is -3.01. The van der Waals surface area contributed by atoms with Crippen molar-refractivity contribution in [2.24, 2.45) is 13.0 Å². The highest BCUT2D eigenvalue weighted by atomic mass is 32.1. The van der Waals surface area contributed by atoms with Gasteiger partial charge in [-0.05, 0) is 30.9 Å². The Morgan fingerprint density at radius 1 is 1.29 bits per heavy atom. The Kier molecular flexibility index (Phi) is 5.90. The highest BCUT2D eigenvalue weighted by Crippen LogP contribution is 2.34. The molecule has 1 fully saturated rings. The molecule has 7 nitrogen and oxygen atoms in total. The van der Waals surface area contributed by atoms with Crippen LogP contribution >= 0.6 is 11.3 Å². The standard InChI is InChI=1S/C21H24F2N6OS/c1-12-6-3-4-9-29(11-12)21-15(10-25-28(21)2)26-19(30)17-18(24)31-20(27-17)16-13(22)7-5-8-14(16)23/h5,7-8,10,12H,3-4,6,9,11,24H2,1-2H3,(H,26,30). The van der Waals surface area contributed by atoms with Crippen LogP contribution in [-0.4, -0.2) is 33.8 Å². The zero-order valence-electron chi connectivity index (χ0n) is 17.4. The quantitative estimate of drug-likeness (QED) is 0.624. The molecule has 3 aromatic rings. The van der Waals surface area contributed by atoms with Crippen LogP contribution in [0.3, 0.4) is 0 Å². The molecule has 3 heterocycles. The van der Waals surface area contributed by atoms with Crippen molar-refractivity contribution in [3.05, 3.63) is 41.7 Å². The molecule has 164 valence electrons. The lowest BCUT2D eigenvalue weighted by molar-refractivity contribution is 0.102. The van der Waals surface area contributed by atoms with Gasteiger partial charge >= 0.3 is 0 Å². The fourth-order valence-electron chi connectivity index (χ4n) is 3.93. The first-order valence-electron chi connectivity index (χ1n) is 10.1. The van der Waals surface area contributed by atoms with E-state index < -0.39 is 17.5 Å². The fraction of sp³-hybridized carbons (Fsp3) is 0.381. The zero-order chi connectivity index (χ0) is 22.1. The van der Waals surface area contributed by atoms with E-state index in [-0.39, 0.29) is 21.3 Å². The third-order valence-corrected chi connectivity index (χ3v) is 6.31.